The van der Waals surface area contributed by atoms with Crippen LogP contribution >= 0.6 is 0 Å². The Morgan fingerprint density at radius 3 is 2.89 bits per heavy atom. The Bertz CT molecular complexity index is 244. The van der Waals surface area contributed by atoms with Gasteiger partial charge in [0, 0.05) is 19.2 Å². The Balaban J connectivity index is 2.06. The minimum atomic E-state index is 0.147. The second kappa shape index (κ2) is 8.48. The van der Waals surface area contributed by atoms with Crippen LogP contribution in [0.4, 0.5) is 0 Å². The molecule has 1 rings (SSSR count). The van der Waals surface area contributed by atoms with Gasteiger partial charge in [-0.05, 0) is 46.6 Å². The van der Waals surface area contributed by atoms with Gasteiger partial charge in [-0.25, -0.2) is 0 Å². The average molecular weight is 256 g/mol. The van der Waals surface area contributed by atoms with Crippen LogP contribution in [0.3, 0.4) is 0 Å². The van der Waals surface area contributed by atoms with Crippen LogP contribution in [0, 0.1) is 0 Å². The second-order valence-corrected chi connectivity index (χ2v) is 5.44. The van der Waals surface area contributed by atoms with Crippen LogP contribution in [-0.4, -0.2) is 49.2 Å². The summed E-state index contributed by atoms with van der Waals surface area (Å²) in [6.45, 7) is 9.30. The molecular formula is C14H28N2O2. The third-order valence-electron chi connectivity index (χ3n) is 3.38. The van der Waals surface area contributed by atoms with Gasteiger partial charge < -0.3 is 10.1 Å². The molecule has 106 valence electrons. The average Bonchev–Trinajstić information content (AvgIpc) is 2.31. The van der Waals surface area contributed by atoms with Crippen molar-refractivity contribution >= 4 is 5.91 Å². The molecule has 1 heterocycles. The van der Waals surface area contributed by atoms with E-state index in [1.54, 1.807) is 0 Å². The van der Waals surface area contributed by atoms with Crippen LogP contribution in [0.1, 0.15) is 46.5 Å². The fourth-order valence-electron chi connectivity index (χ4n) is 2.25. The van der Waals surface area contributed by atoms with Crippen LogP contribution in [0.2, 0.25) is 0 Å². The van der Waals surface area contributed by atoms with E-state index in [0.717, 1.165) is 19.6 Å². The summed E-state index contributed by atoms with van der Waals surface area (Å²) in [5, 5.41) is 2.96. The van der Waals surface area contributed by atoms with Gasteiger partial charge in [0.2, 0.25) is 5.91 Å². The minimum Gasteiger partial charge on any atom is -0.379 e. The Hall–Kier alpha value is -0.610. The molecule has 18 heavy (non-hydrogen) atoms. The molecule has 1 atom stereocenters. The zero-order chi connectivity index (χ0) is 13.4. The third-order valence-corrected chi connectivity index (χ3v) is 3.38. The fraction of sp³-hybridized carbons (Fsp3) is 0.929. The first-order valence-electron chi connectivity index (χ1n) is 7.22. The monoisotopic (exact) mass is 256 g/mol. The van der Waals surface area contributed by atoms with Gasteiger partial charge in [0.05, 0.1) is 12.6 Å². The molecule has 0 bridgehead atoms. The summed E-state index contributed by atoms with van der Waals surface area (Å²) in [6.07, 6.45) is 4.90. The first-order valence-corrected chi connectivity index (χ1v) is 7.22. The number of piperidine rings is 1. The summed E-state index contributed by atoms with van der Waals surface area (Å²) in [5.74, 6) is 0.147. The van der Waals surface area contributed by atoms with Gasteiger partial charge in [-0.15, -0.1) is 0 Å². The highest BCUT2D eigenvalue weighted by Gasteiger charge is 2.19. The van der Waals surface area contributed by atoms with Crippen LogP contribution < -0.4 is 5.32 Å². The number of ether oxygens (including phenoxy) is 1. The summed E-state index contributed by atoms with van der Waals surface area (Å²) < 4.78 is 5.43. The maximum Gasteiger partial charge on any atom is 0.234 e. The second-order valence-electron chi connectivity index (χ2n) is 5.44. The third kappa shape index (κ3) is 6.36. The number of nitrogens with zero attached hydrogens (tertiary/aromatic N) is 1. The van der Waals surface area contributed by atoms with Crippen molar-refractivity contribution in [1.82, 2.24) is 10.2 Å². The lowest BCUT2D eigenvalue weighted by Gasteiger charge is -2.32. The smallest absolute Gasteiger partial charge is 0.234 e. The maximum atomic E-state index is 11.8. The van der Waals surface area contributed by atoms with Crippen molar-refractivity contribution < 1.29 is 9.53 Å². The minimum absolute atomic E-state index is 0.147. The largest absolute Gasteiger partial charge is 0.379 e. The topological polar surface area (TPSA) is 41.6 Å². The maximum absolute atomic E-state index is 11.8. The molecule has 1 N–H and O–H groups in total. The molecule has 1 aliphatic heterocycles. The molecule has 1 saturated heterocycles. The first-order chi connectivity index (χ1) is 8.59. The summed E-state index contributed by atoms with van der Waals surface area (Å²) >= 11 is 0. The molecule has 0 spiro atoms. The summed E-state index contributed by atoms with van der Waals surface area (Å²) in [4.78, 5) is 14.0. The zero-order valence-electron chi connectivity index (χ0n) is 12.1. The standard InChI is InChI=1S/C14H28N2O2/c1-12(2)18-10-6-8-15-14(17)11-16-9-5-4-7-13(16)3/h12-13H,4-11H2,1-3H3,(H,15,17)/t13-/m1/s1. The number of amides is 1. The van der Waals surface area contributed by atoms with Crippen molar-refractivity contribution in [3.8, 4) is 0 Å². The molecule has 0 aromatic rings. The van der Waals surface area contributed by atoms with E-state index < -0.39 is 0 Å². The lowest BCUT2D eigenvalue weighted by atomic mass is 10.0. The van der Waals surface area contributed by atoms with Crippen LogP contribution in [-0.2, 0) is 9.53 Å². The quantitative estimate of drug-likeness (QED) is 0.706. The number of likely N-dealkylation sites (tertiary alicyclic amines) is 1. The van der Waals surface area contributed by atoms with E-state index in [2.05, 4.69) is 17.1 Å². The van der Waals surface area contributed by atoms with Gasteiger partial charge in [-0.2, -0.15) is 0 Å². The summed E-state index contributed by atoms with van der Waals surface area (Å²) in [7, 11) is 0. The van der Waals surface area contributed by atoms with Gasteiger partial charge in [0.1, 0.15) is 0 Å². The SMILES string of the molecule is CC(C)OCCCNC(=O)CN1CCCC[C@H]1C. The number of carbonyl (C=O) groups is 1. The highest BCUT2D eigenvalue weighted by atomic mass is 16.5. The molecule has 0 aromatic carbocycles. The summed E-state index contributed by atoms with van der Waals surface area (Å²) in [6, 6.07) is 0.550. The van der Waals surface area contributed by atoms with E-state index in [0.29, 0.717) is 19.1 Å². The Morgan fingerprint density at radius 2 is 2.22 bits per heavy atom. The molecule has 4 nitrogen and oxygen atoms in total. The van der Waals surface area contributed by atoms with Gasteiger partial charge >= 0.3 is 0 Å². The van der Waals surface area contributed by atoms with Crippen LogP contribution in [0.15, 0.2) is 0 Å². The van der Waals surface area contributed by atoms with Gasteiger partial charge in [-0.1, -0.05) is 6.42 Å². The molecule has 1 fully saturated rings. The molecule has 0 unspecified atom stereocenters. The molecule has 0 saturated carbocycles. The highest BCUT2D eigenvalue weighted by Crippen LogP contribution is 2.15. The van der Waals surface area contributed by atoms with E-state index in [1.807, 2.05) is 13.8 Å². The van der Waals surface area contributed by atoms with E-state index in [9.17, 15) is 4.79 Å². The Morgan fingerprint density at radius 1 is 1.44 bits per heavy atom. The molecule has 0 aromatic heterocycles. The van der Waals surface area contributed by atoms with E-state index in [-0.39, 0.29) is 12.0 Å². The molecule has 1 aliphatic rings. The van der Waals surface area contributed by atoms with Crippen LogP contribution in [0.25, 0.3) is 0 Å². The highest BCUT2D eigenvalue weighted by molar-refractivity contribution is 5.78. The van der Waals surface area contributed by atoms with Crippen molar-refractivity contribution in [3.05, 3.63) is 0 Å². The normalized spacial score (nSPS) is 21.2. The molecule has 0 aliphatic carbocycles. The molecule has 4 heteroatoms. The van der Waals surface area contributed by atoms with Crippen molar-refractivity contribution in [2.75, 3.05) is 26.2 Å². The predicted octanol–water partition coefficient (Wildman–Crippen LogP) is 1.79. The van der Waals surface area contributed by atoms with E-state index in [1.165, 1.54) is 19.3 Å². The van der Waals surface area contributed by atoms with Gasteiger partial charge in [0.25, 0.3) is 0 Å². The lowest BCUT2D eigenvalue weighted by molar-refractivity contribution is -0.123. The number of hydrogen-bond acceptors (Lipinski definition) is 3. The molecular weight excluding hydrogens is 228 g/mol. The van der Waals surface area contributed by atoms with E-state index >= 15 is 0 Å². The summed E-state index contributed by atoms with van der Waals surface area (Å²) in [5.41, 5.74) is 0. The number of hydrogen-bond donors (Lipinski definition) is 1. The van der Waals surface area contributed by atoms with Gasteiger partial charge in [-0.3, -0.25) is 9.69 Å². The van der Waals surface area contributed by atoms with Crippen molar-refractivity contribution in [1.29, 1.82) is 0 Å². The Kier molecular flexibility index (Phi) is 7.28. The van der Waals surface area contributed by atoms with Crippen molar-refractivity contribution in [2.45, 2.75) is 58.6 Å². The predicted molar refractivity (Wildman–Crippen MR) is 73.6 cm³/mol. The molecule has 1 amide bonds. The van der Waals surface area contributed by atoms with Gasteiger partial charge in [0.15, 0.2) is 0 Å². The number of carbonyl (C=O) groups excluding carboxylic acids is 1. The number of rotatable bonds is 7. The van der Waals surface area contributed by atoms with E-state index in [4.69, 9.17) is 4.74 Å². The van der Waals surface area contributed by atoms with Crippen LogP contribution in [0.5, 0.6) is 0 Å². The van der Waals surface area contributed by atoms with Crippen molar-refractivity contribution in [3.63, 3.8) is 0 Å². The molecule has 0 radical (unpaired) electrons. The number of nitrogens with one attached hydrogen (secondary N) is 1. The van der Waals surface area contributed by atoms with Crippen molar-refractivity contribution in [2.24, 2.45) is 0 Å². The fourth-order valence-corrected chi connectivity index (χ4v) is 2.25. The zero-order valence-corrected chi connectivity index (χ0v) is 12.1. The Labute approximate surface area is 111 Å². The first kappa shape index (κ1) is 15.4. The lowest BCUT2D eigenvalue weighted by Crippen LogP contribution is -2.44.